The molecule has 2 saturated heterocycles. The number of likely N-dealkylation sites (tertiary alicyclic amines) is 2. The molecule has 2 aliphatic heterocycles. The number of ketones is 2. The Kier molecular flexibility index (Phi) is 34.0. The van der Waals surface area contributed by atoms with Crippen LogP contribution in [0.5, 0.6) is 0 Å². The van der Waals surface area contributed by atoms with Gasteiger partial charge in [-0.2, -0.15) is 26.3 Å². The first-order valence-electron chi connectivity index (χ1n) is 40.5. The number of nitrogens with zero attached hydrogens (tertiary/aromatic N) is 10. The van der Waals surface area contributed by atoms with Crippen LogP contribution in [-0.4, -0.2) is 164 Å². The molecule has 6 heterocycles. The molecule has 6 amide bonds. The molecule has 0 aliphatic carbocycles. The number of amides is 6. The second kappa shape index (κ2) is 43.5. The van der Waals surface area contributed by atoms with E-state index in [1.165, 1.54) is 11.1 Å². The van der Waals surface area contributed by atoms with Crippen molar-refractivity contribution in [3.63, 3.8) is 0 Å². The third kappa shape index (κ3) is 26.9. The normalized spacial score (nSPS) is 14.9. The minimum absolute atomic E-state index is 0.00645. The summed E-state index contributed by atoms with van der Waals surface area (Å²) in [6.07, 6.45) is 10.1. The van der Waals surface area contributed by atoms with Crippen LogP contribution < -0.4 is 27.0 Å². The van der Waals surface area contributed by atoms with Gasteiger partial charge in [-0.15, -0.1) is 0 Å². The lowest BCUT2D eigenvalue weighted by Crippen LogP contribution is -2.56. The van der Waals surface area contributed by atoms with Crippen LogP contribution in [0.4, 0.5) is 38.0 Å². The van der Waals surface area contributed by atoms with Crippen molar-refractivity contribution in [2.24, 2.45) is 23.5 Å². The van der Waals surface area contributed by atoms with E-state index in [0.29, 0.717) is 44.6 Å². The molecule has 2 fully saturated rings. The Morgan fingerprint density at radius 2 is 0.740 bits per heavy atom. The first-order chi connectivity index (χ1) is 58.1. The van der Waals surface area contributed by atoms with Crippen molar-refractivity contribution in [1.82, 2.24) is 58.6 Å². The molecule has 25 nitrogen and oxygen atoms in total. The fourth-order valence-corrected chi connectivity index (χ4v) is 13.2. The smallest absolute Gasteiger partial charge is 0.374 e. The summed E-state index contributed by atoms with van der Waals surface area (Å²) >= 11 is 0. The lowest BCUT2D eigenvalue weighted by molar-refractivity contribution is -0.193. The van der Waals surface area contributed by atoms with E-state index in [1.807, 2.05) is 195 Å². The average molecular weight is 1700 g/mol. The molecule has 2 unspecified atom stereocenters. The van der Waals surface area contributed by atoms with Crippen LogP contribution in [0.1, 0.15) is 142 Å². The molecule has 0 radical (unpaired) electrons. The summed E-state index contributed by atoms with van der Waals surface area (Å²) in [6, 6.07) is 57.3. The highest BCUT2D eigenvalue weighted by Crippen LogP contribution is 2.35. The summed E-state index contributed by atoms with van der Waals surface area (Å²) in [4.78, 5) is 120. The average Bonchev–Trinajstić information content (AvgIpc) is 1.74. The fourth-order valence-electron chi connectivity index (χ4n) is 13.2. The maximum atomic E-state index is 14.0. The van der Waals surface area contributed by atoms with Gasteiger partial charge in [-0.25, -0.2) is 19.9 Å². The number of Topliss-reactive ketones (excluding diaryl/α,β-unsaturated/α-hetero) is 2. The van der Waals surface area contributed by atoms with Gasteiger partial charge in [-0.05, 0) is 126 Å². The summed E-state index contributed by atoms with van der Waals surface area (Å²) < 4.78 is 86.3. The first kappa shape index (κ1) is 96.2. The molecule has 2 aliphatic rings. The van der Waals surface area contributed by atoms with Gasteiger partial charge in [0.25, 0.3) is 23.6 Å². The van der Waals surface area contributed by atoms with E-state index in [0.717, 1.165) is 47.9 Å². The number of halogens is 6. The zero-order chi connectivity index (χ0) is 89.9. The van der Waals surface area contributed by atoms with E-state index >= 15 is 0 Å². The predicted octanol–water partition coefficient (Wildman–Crippen LogP) is 14.1. The number of imidazole rings is 4. The molecule has 6 N–H and O–H groups in total. The minimum Gasteiger partial charge on any atom is -0.374 e. The van der Waals surface area contributed by atoms with Crippen LogP contribution in [0.2, 0.25) is 0 Å². The Labute approximate surface area is 713 Å². The van der Waals surface area contributed by atoms with Gasteiger partial charge in [0.2, 0.25) is 11.8 Å². The summed E-state index contributed by atoms with van der Waals surface area (Å²) in [7, 11) is 0. The van der Waals surface area contributed by atoms with Crippen molar-refractivity contribution in [2.75, 3.05) is 50.0 Å². The first-order valence-corrected chi connectivity index (χ1v) is 40.5. The zero-order valence-corrected chi connectivity index (χ0v) is 71.4. The zero-order valence-electron chi connectivity index (χ0n) is 71.4. The van der Waals surface area contributed by atoms with E-state index in [2.05, 4.69) is 140 Å². The fraction of sp³-hybridized carbons (Fsp3) is 0.391. The van der Waals surface area contributed by atoms with Crippen molar-refractivity contribution in [3.8, 4) is 0 Å². The summed E-state index contributed by atoms with van der Waals surface area (Å²) in [5.41, 5.74) is 8.71. The molecule has 6 aromatic carbocycles. The van der Waals surface area contributed by atoms with Crippen molar-refractivity contribution in [3.05, 3.63) is 278 Å². The van der Waals surface area contributed by atoms with Gasteiger partial charge in [-0.3, -0.25) is 38.4 Å². The number of hydrogen-bond donors (Lipinski definition) is 5. The highest BCUT2D eigenvalue weighted by Gasteiger charge is 2.54. The van der Waals surface area contributed by atoms with E-state index < -0.39 is 70.3 Å². The second-order valence-electron chi connectivity index (χ2n) is 32.5. The van der Waals surface area contributed by atoms with Crippen molar-refractivity contribution in [2.45, 2.75) is 174 Å². The van der Waals surface area contributed by atoms with Crippen LogP contribution in [0.15, 0.2) is 244 Å². The van der Waals surface area contributed by atoms with E-state index in [-0.39, 0.29) is 66.2 Å². The van der Waals surface area contributed by atoms with Crippen LogP contribution in [0.3, 0.4) is 0 Å². The number of piperidine rings is 2. The van der Waals surface area contributed by atoms with Gasteiger partial charge in [0.05, 0.1) is 68.4 Å². The van der Waals surface area contributed by atoms with Gasteiger partial charge >= 0.3 is 23.9 Å². The molecule has 12 rings (SSSR count). The third-order valence-electron chi connectivity index (χ3n) is 21.5. The highest BCUT2D eigenvalue weighted by atomic mass is 19.4. The summed E-state index contributed by atoms with van der Waals surface area (Å²) in [6.45, 7) is 26.9. The van der Waals surface area contributed by atoms with Crippen molar-refractivity contribution >= 4 is 58.6 Å². The highest BCUT2D eigenvalue weighted by molar-refractivity contribution is 6.41. The maximum Gasteiger partial charge on any atom is 0.458 e. The van der Waals surface area contributed by atoms with Crippen LogP contribution in [-0.2, 0) is 83.2 Å². The van der Waals surface area contributed by atoms with Gasteiger partial charge in [0.15, 0.2) is 11.6 Å². The number of anilines is 2. The molecule has 31 heteroatoms. The molecule has 10 aromatic rings. The quantitative estimate of drug-likeness (QED) is 0.0236. The number of ether oxygens (including phenoxy) is 2. The Morgan fingerprint density at radius 3 is 1.03 bits per heavy atom. The minimum atomic E-state index is -5.77. The number of benzene rings is 6. The molecular formula is C92H111F6N15O10. The summed E-state index contributed by atoms with van der Waals surface area (Å²) in [5.74, 6) is -7.15. The van der Waals surface area contributed by atoms with Crippen molar-refractivity contribution < 1.29 is 74.2 Å². The molecule has 0 spiro atoms. The van der Waals surface area contributed by atoms with Crippen LogP contribution >= 0.6 is 0 Å². The van der Waals surface area contributed by atoms with Crippen LogP contribution in [0.25, 0.3) is 0 Å². The standard InChI is InChI=1S/C32H42N6O4.C32H41N5O4.2C12H14N2.C4F6O2/c1-23-15-17-37(18-16-23)30(41)32(4,25-13-9-6-10-14-25)38-19-27(34-22-38)36-28(39)26(35-29(40)31(2,3)33)21-42-20-24-11-7-5-8-12-24;1-23(2)29(38)34-27(21-41-20-25-11-7-5-8-12-25)30(39)35-28-19-37(22-33-28)32(4,26-13-9-6-10-14-26)31(40)36-17-15-24(3)16-18-36;2*1-12(2,14-9-8-13-10-14)11-6-4-3-5-7-11;5-3(6,7)1(11)2(12)4(8,9)10/h5-14,19,22-23,26H,15-18,20-21,33H2,1-4H3,(H,35,40)(H,36,39);5-14,19,22-24,27H,15-18,20-21H2,1-4H3,(H,34,38)(H,35,39);2*3-10H,1-2H3;/t26-,32?;27-,32?;;;/m11.../s1. The molecule has 123 heavy (non-hydrogen) atoms. The number of alkyl halides is 6. The SMILES string of the molecule is CC(C)(c1ccccc1)n1ccnc1.CC(C)(c1ccccc1)n1ccnc1.CC1CCN(C(=O)C(C)(c2ccccc2)n2cnc(NC(=O)[C@@H](COCc3ccccc3)NC(=O)C(C)(C)N)c2)CC1.CC1CCN(C(=O)C(C)(c2ccccc2)n2cnc(NC(=O)[C@@H](COCc3ccccc3)NC(=O)C(C)C)c2)CC1.O=C(C(=O)C(F)(F)F)C(F)(F)F. The molecule has 0 saturated carbocycles. The topological polar surface area (TPSA) is 307 Å². The number of nitrogens with two attached hydrogens (primary N) is 1. The summed E-state index contributed by atoms with van der Waals surface area (Å²) in [5, 5.41) is 11.1. The predicted molar refractivity (Wildman–Crippen MR) is 456 cm³/mol. The molecule has 4 atom stereocenters. The lowest BCUT2D eigenvalue weighted by atomic mass is 9.88. The van der Waals surface area contributed by atoms with Crippen molar-refractivity contribution in [1.29, 1.82) is 0 Å². The molecular weight excluding hydrogens is 1590 g/mol. The van der Waals surface area contributed by atoms with Crippen LogP contribution in [0, 0.1) is 17.8 Å². The Hall–Kier alpha value is -12.2. The third-order valence-corrected chi connectivity index (χ3v) is 21.5. The number of aromatic nitrogens is 8. The van der Waals surface area contributed by atoms with Gasteiger partial charge in [0.1, 0.15) is 23.2 Å². The second-order valence-corrected chi connectivity index (χ2v) is 32.5. The van der Waals surface area contributed by atoms with E-state index in [9.17, 15) is 64.7 Å². The molecule has 4 aromatic heterocycles. The molecule has 656 valence electrons. The van der Waals surface area contributed by atoms with Gasteiger partial charge < -0.3 is 64.5 Å². The Balaban J connectivity index is 0.000000212. The van der Waals surface area contributed by atoms with E-state index in [4.69, 9.17) is 15.2 Å². The largest absolute Gasteiger partial charge is 0.458 e. The van der Waals surface area contributed by atoms with Gasteiger partial charge in [0, 0.05) is 69.3 Å². The van der Waals surface area contributed by atoms with E-state index in [1.54, 1.807) is 61.9 Å². The number of carbonyl (C=O) groups excluding carboxylic acids is 8. The number of hydrogen-bond acceptors (Lipinski definition) is 15. The Bertz CT molecular complexity index is 4870. The lowest BCUT2D eigenvalue weighted by Gasteiger charge is -2.38. The van der Waals surface area contributed by atoms with Gasteiger partial charge in [-0.1, -0.05) is 210 Å². The Morgan fingerprint density at radius 1 is 0.431 bits per heavy atom. The maximum absolute atomic E-state index is 14.0. The number of nitrogens with one attached hydrogen (secondary N) is 4. The molecule has 0 bridgehead atoms. The monoisotopic (exact) mass is 1700 g/mol. The number of rotatable bonds is 27. The number of carbonyl (C=O) groups is 8.